The van der Waals surface area contributed by atoms with E-state index in [0.29, 0.717) is 0 Å². The van der Waals surface area contributed by atoms with Crippen LogP contribution in [0.25, 0.3) is 0 Å². The van der Waals surface area contributed by atoms with Gasteiger partial charge in [-0.3, -0.25) is 0 Å². The van der Waals surface area contributed by atoms with Gasteiger partial charge in [0.2, 0.25) is 0 Å². The lowest BCUT2D eigenvalue weighted by Gasteiger charge is -2.24. The fraction of sp³-hybridized carbons (Fsp3) is 0.400. The van der Waals surface area contributed by atoms with Crippen LogP contribution in [0.15, 0.2) is 42.5 Å². The zero-order valence-electron chi connectivity index (χ0n) is 15.3. The van der Waals surface area contributed by atoms with Gasteiger partial charge in [0.05, 0.1) is 11.4 Å². The Kier molecular flexibility index (Phi) is 6.36. The lowest BCUT2D eigenvalue weighted by molar-refractivity contribution is 0.866. The predicted molar refractivity (Wildman–Crippen MR) is 108 cm³/mol. The lowest BCUT2D eigenvalue weighted by atomic mass is 10.2. The Balaban J connectivity index is 2.25. The van der Waals surface area contributed by atoms with E-state index in [-0.39, 0.29) is 0 Å². The number of rotatable bonds is 8. The topological polar surface area (TPSA) is 44.5 Å². The number of anilines is 5. The highest BCUT2D eigenvalue weighted by Gasteiger charge is 2.08. The second-order valence-electron chi connectivity index (χ2n) is 5.79. The van der Waals surface area contributed by atoms with Crippen LogP contribution in [0.2, 0.25) is 0 Å². The van der Waals surface area contributed by atoms with Crippen molar-refractivity contribution in [2.75, 3.05) is 47.0 Å². The number of nitrogen functional groups attached to an aromatic ring is 1. The van der Waals surface area contributed by atoms with Crippen LogP contribution in [-0.2, 0) is 0 Å². The van der Waals surface area contributed by atoms with Gasteiger partial charge in [-0.25, -0.2) is 0 Å². The Morgan fingerprint density at radius 3 is 2.04 bits per heavy atom. The highest BCUT2D eigenvalue weighted by atomic mass is 15.1. The van der Waals surface area contributed by atoms with Crippen LogP contribution < -0.4 is 20.9 Å². The summed E-state index contributed by atoms with van der Waals surface area (Å²) in [6, 6.07) is 14.7. The number of nitrogens with two attached hydrogens (primary N) is 1. The van der Waals surface area contributed by atoms with Gasteiger partial charge in [0.1, 0.15) is 0 Å². The molecule has 130 valence electrons. The Morgan fingerprint density at radius 1 is 0.792 bits per heavy atom. The van der Waals surface area contributed by atoms with Gasteiger partial charge >= 0.3 is 0 Å². The van der Waals surface area contributed by atoms with Gasteiger partial charge in [-0.05, 0) is 64.1 Å². The van der Waals surface area contributed by atoms with E-state index in [9.17, 15) is 0 Å². The summed E-state index contributed by atoms with van der Waals surface area (Å²) in [5.74, 6) is 0. The molecule has 0 aliphatic carbocycles. The van der Waals surface area contributed by atoms with E-state index in [4.69, 9.17) is 5.73 Å². The third-order valence-corrected chi connectivity index (χ3v) is 4.40. The lowest BCUT2D eigenvalue weighted by Crippen LogP contribution is -2.23. The van der Waals surface area contributed by atoms with Crippen LogP contribution in [0.3, 0.4) is 0 Å². The van der Waals surface area contributed by atoms with Gasteiger partial charge in [-0.1, -0.05) is 6.07 Å². The van der Waals surface area contributed by atoms with Crippen molar-refractivity contribution >= 4 is 28.4 Å². The Labute approximate surface area is 146 Å². The second-order valence-corrected chi connectivity index (χ2v) is 5.79. The molecule has 0 saturated carbocycles. The highest BCUT2D eigenvalue weighted by molar-refractivity contribution is 5.75. The van der Waals surface area contributed by atoms with Crippen molar-refractivity contribution in [1.82, 2.24) is 0 Å². The molecule has 0 radical (unpaired) electrons. The van der Waals surface area contributed by atoms with E-state index in [0.717, 1.165) is 48.9 Å². The molecule has 4 heteroatoms. The molecule has 4 nitrogen and oxygen atoms in total. The third-order valence-electron chi connectivity index (χ3n) is 4.40. The molecule has 0 spiro atoms. The van der Waals surface area contributed by atoms with Gasteiger partial charge in [0.15, 0.2) is 0 Å². The number of nitrogens with one attached hydrogen (secondary N) is 1. The Hall–Kier alpha value is -2.36. The van der Waals surface area contributed by atoms with Crippen molar-refractivity contribution < 1.29 is 0 Å². The van der Waals surface area contributed by atoms with Crippen LogP contribution in [0, 0.1) is 0 Å². The predicted octanol–water partition coefficient (Wildman–Crippen LogP) is 4.70. The molecule has 0 bridgehead atoms. The van der Waals surface area contributed by atoms with E-state index < -0.39 is 0 Å². The molecule has 0 aliphatic rings. The minimum atomic E-state index is 0.821. The first-order valence-corrected chi connectivity index (χ1v) is 8.89. The summed E-state index contributed by atoms with van der Waals surface area (Å²) in [5.41, 5.74) is 11.5. The van der Waals surface area contributed by atoms with Crippen LogP contribution in [-0.4, -0.2) is 26.2 Å². The van der Waals surface area contributed by atoms with Gasteiger partial charge in [-0.15, -0.1) is 0 Å². The standard InChI is InChI=1S/C20H30N4/c1-5-23(6-2)18-11-9-10-16(14-18)22-17-12-13-19(21)20(15-17)24(7-3)8-4/h9-15,22H,5-8,21H2,1-4H3. The first-order valence-electron chi connectivity index (χ1n) is 8.89. The van der Waals surface area contributed by atoms with Crippen LogP contribution in [0.5, 0.6) is 0 Å². The maximum absolute atomic E-state index is 6.16. The average molecular weight is 326 g/mol. The van der Waals surface area contributed by atoms with Gasteiger partial charge in [0.25, 0.3) is 0 Å². The van der Waals surface area contributed by atoms with E-state index in [1.807, 2.05) is 12.1 Å². The van der Waals surface area contributed by atoms with Crippen molar-refractivity contribution in [1.29, 1.82) is 0 Å². The SMILES string of the molecule is CCN(CC)c1cccc(Nc2ccc(N)c(N(CC)CC)c2)c1. The average Bonchev–Trinajstić information content (AvgIpc) is 2.60. The van der Waals surface area contributed by atoms with Crippen molar-refractivity contribution in [3.8, 4) is 0 Å². The minimum Gasteiger partial charge on any atom is -0.397 e. The fourth-order valence-electron chi connectivity index (χ4n) is 3.00. The van der Waals surface area contributed by atoms with Gasteiger partial charge < -0.3 is 20.9 Å². The molecule has 0 unspecified atom stereocenters. The maximum atomic E-state index is 6.16. The summed E-state index contributed by atoms with van der Waals surface area (Å²) >= 11 is 0. The van der Waals surface area contributed by atoms with Crippen LogP contribution in [0.4, 0.5) is 28.4 Å². The van der Waals surface area contributed by atoms with Crippen molar-refractivity contribution in [3.05, 3.63) is 42.5 Å². The second kappa shape index (κ2) is 8.48. The summed E-state index contributed by atoms with van der Waals surface area (Å²) < 4.78 is 0. The van der Waals surface area contributed by atoms with E-state index in [2.05, 4.69) is 73.1 Å². The molecule has 0 saturated heterocycles. The Bertz CT molecular complexity index is 646. The monoisotopic (exact) mass is 326 g/mol. The summed E-state index contributed by atoms with van der Waals surface area (Å²) in [6.45, 7) is 12.6. The molecule has 0 aromatic heterocycles. The van der Waals surface area contributed by atoms with E-state index in [1.165, 1.54) is 5.69 Å². The summed E-state index contributed by atoms with van der Waals surface area (Å²) in [7, 11) is 0. The zero-order valence-corrected chi connectivity index (χ0v) is 15.3. The first-order chi connectivity index (χ1) is 11.6. The molecule has 0 amide bonds. The first kappa shape index (κ1) is 18.0. The van der Waals surface area contributed by atoms with E-state index in [1.54, 1.807) is 0 Å². The van der Waals surface area contributed by atoms with Gasteiger partial charge in [0, 0.05) is 43.2 Å². The zero-order chi connectivity index (χ0) is 17.5. The Morgan fingerprint density at radius 2 is 1.42 bits per heavy atom. The fourth-order valence-corrected chi connectivity index (χ4v) is 3.00. The highest BCUT2D eigenvalue weighted by Crippen LogP contribution is 2.29. The number of hydrogen-bond acceptors (Lipinski definition) is 4. The largest absolute Gasteiger partial charge is 0.397 e. The molecule has 2 aromatic rings. The normalized spacial score (nSPS) is 10.5. The van der Waals surface area contributed by atoms with Crippen molar-refractivity contribution in [2.45, 2.75) is 27.7 Å². The van der Waals surface area contributed by atoms with Gasteiger partial charge in [-0.2, -0.15) is 0 Å². The third kappa shape index (κ3) is 4.13. The molecule has 24 heavy (non-hydrogen) atoms. The van der Waals surface area contributed by atoms with Crippen molar-refractivity contribution in [2.24, 2.45) is 0 Å². The summed E-state index contributed by atoms with van der Waals surface area (Å²) in [5, 5.41) is 3.51. The van der Waals surface area contributed by atoms with Crippen LogP contribution >= 0.6 is 0 Å². The molecule has 0 heterocycles. The maximum Gasteiger partial charge on any atom is 0.0620 e. The smallest absolute Gasteiger partial charge is 0.0620 e. The van der Waals surface area contributed by atoms with Crippen molar-refractivity contribution in [3.63, 3.8) is 0 Å². The molecular weight excluding hydrogens is 296 g/mol. The molecule has 0 atom stereocenters. The number of benzene rings is 2. The van der Waals surface area contributed by atoms with E-state index >= 15 is 0 Å². The molecule has 3 N–H and O–H groups in total. The number of hydrogen-bond donors (Lipinski definition) is 2. The number of nitrogens with zero attached hydrogens (tertiary/aromatic N) is 2. The molecule has 2 aromatic carbocycles. The van der Waals surface area contributed by atoms with Crippen LogP contribution in [0.1, 0.15) is 27.7 Å². The summed E-state index contributed by atoms with van der Waals surface area (Å²) in [4.78, 5) is 4.61. The molecule has 2 rings (SSSR count). The quantitative estimate of drug-likeness (QED) is 0.690. The molecule has 0 aliphatic heterocycles. The summed E-state index contributed by atoms with van der Waals surface area (Å²) in [6.07, 6.45) is 0. The molecular formula is C20H30N4. The minimum absolute atomic E-state index is 0.821. The molecule has 0 fully saturated rings.